The highest BCUT2D eigenvalue weighted by molar-refractivity contribution is 6.42. The highest BCUT2D eigenvalue weighted by Crippen LogP contribution is 2.23. The van der Waals surface area contributed by atoms with Crippen LogP contribution in [0.15, 0.2) is 18.2 Å². The van der Waals surface area contributed by atoms with E-state index in [1.165, 1.54) is 0 Å². The summed E-state index contributed by atoms with van der Waals surface area (Å²) >= 11 is 17.7. The van der Waals surface area contributed by atoms with Crippen molar-refractivity contribution in [2.75, 3.05) is 27.3 Å². The molecular weight excluding hydrogens is 309 g/mol. The Hall–Kier alpha value is -0.480. The molecule has 0 heterocycles. The minimum atomic E-state index is -0.215. The highest BCUT2D eigenvalue weighted by atomic mass is 35.5. The van der Waals surface area contributed by atoms with E-state index in [0.717, 1.165) is 5.56 Å². The van der Waals surface area contributed by atoms with E-state index in [0.29, 0.717) is 23.2 Å². The molecule has 1 rings (SSSR count). The molecule has 1 atom stereocenters. The number of hydrogen-bond acceptors (Lipinski definition) is 2. The van der Waals surface area contributed by atoms with Crippen LogP contribution in [0.3, 0.4) is 0 Å². The van der Waals surface area contributed by atoms with E-state index in [2.05, 4.69) is 0 Å². The van der Waals surface area contributed by atoms with Crippen molar-refractivity contribution in [1.82, 2.24) is 4.90 Å². The van der Waals surface area contributed by atoms with Gasteiger partial charge in [-0.15, -0.1) is 11.6 Å². The maximum atomic E-state index is 12.0. The number of ether oxygens (including phenoxy) is 1. The molecule has 0 bridgehead atoms. The summed E-state index contributed by atoms with van der Waals surface area (Å²) in [5, 5.41) is 0.712. The molecule has 6 heteroatoms. The summed E-state index contributed by atoms with van der Waals surface area (Å²) in [6.45, 7) is 0.849. The Balaban J connectivity index is 2.56. The quantitative estimate of drug-likeness (QED) is 0.752. The number of likely N-dealkylation sites (N-methyl/N-ethyl adjacent to an activating group) is 1. The fourth-order valence-electron chi connectivity index (χ4n) is 1.59. The van der Waals surface area contributed by atoms with Crippen molar-refractivity contribution < 1.29 is 9.53 Å². The molecule has 0 saturated heterocycles. The van der Waals surface area contributed by atoms with E-state index >= 15 is 0 Å². The summed E-state index contributed by atoms with van der Waals surface area (Å²) in [4.78, 5) is 13.6. The molecule has 0 fully saturated rings. The first-order valence-corrected chi connectivity index (χ1v) is 6.94. The molecule has 0 aromatic heterocycles. The van der Waals surface area contributed by atoms with E-state index in [-0.39, 0.29) is 17.7 Å². The fourth-order valence-corrected chi connectivity index (χ4v) is 2.25. The Morgan fingerprint density at radius 3 is 2.63 bits per heavy atom. The molecule has 0 saturated carbocycles. The van der Waals surface area contributed by atoms with Crippen LogP contribution in [0.5, 0.6) is 0 Å². The summed E-state index contributed by atoms with van der Waals surface area (Å²) < 4.78 is 4.93. The zero-order chi connectivity index (χ0) is 14.4. The van der Waals surface area contributed by atoms with Crippen molar-refractivity contribution in [1.29, 1.82) is 0 Å². The molecule has 0 radical (unpaired) electrons. The van der Waals surface area contributed by atoms with E-state index in [4.69, 9.17) is 39.5 Å². The Bertz CT molecular complexity index is 440. The molecular formula is C13H16Cl3NO2. The molecule has 1 aromatic carbocycles. The van der Waals surface area contributed by atoms with E-state index in [1.54, 1.807) is 37.3 Å². The van der Waals surface area contributed by atoms with Gasteiger partial charge in [-0.3, -0.25) is 4.79 Å². The van der Waals surface area contributed by atoms with Gasteiger partial charge in [-0.1, -0.05) is 29.3 Å². The lowest BCUT2D eigenvalue weighted by Gasteiger charge is -2.20. The van der Waals surface area contributed by atoms with Crippen LogP contribution >= 0.6 is 34.8 Å². The maximum absolute atomic E-state index is 12.0. The van der Waals surface area contributed by atoms with E-state index < -0.39 is 0 Å². The van der Waals surface area contributed by atoms with Gasteiger partial charge in [0.25, 0.3) is 0 Å². The van der Waals surface area contributed by atoms with Gasteiger partial charge in [0, 0.05) is 20.7 Å². The second-order valence-corrected chi connectivity index (χ2v) is 5.68. The lowest BCUT2D eigenvalue weighted by Crippen LogP contribution is -2.34. The van der Waals surface area contributed by atoms with Gasteiger partial charge < -0.3 is 9.64 Å². The average molecular weight is 325 g/mol. The van der Waals surface area contributed by atoms with Gasteiger partial charge in [0.15, 0.2) is 0 Å². The van der Waals surface area contributed by atoms with Crippen LogP contribution in [-0.2, 0) is 16.0 Å². The Labute approximate surface area is 128 Å². The molecule has 1 aromatic rings. The molecule has 0 aliphatic carbocycles. The zero-order valence-electron chi connectivity index (χ0n) is 10.8. The molecule has 19 heavy (non-hydrogen) atoms. The molecule has 1 unspecified atom stereocenters. The van der Waals surface area contributed by atoms with Crippen LogP contribution in [0.2, 0.25) is 10.0 Å². The fraction of sp³-hybridized carbons (Fsp3) is 0.462. The van der Waals surface area contributed by atoms with Gasteiger partial charge >= 0.3 is 0 Å². The molecule has 0 aliphatic heterocycles. The van der Waals surface area contributed by atoms with E-state index in [9.17, 15) is 4.79 Å². The average Bonchev–Trinajstić information content (AvgIpc) is 2.34. The molecule has 0 aliphatic rings. The predicted molar refractivity (Wildman–Crippen MR) is 79.3 cm³/mol. The van der Waals surface area contributed by atoms with Crippen LogP contribution in [0.4, 0.5) is 0 Å². The predicted octanol–water partition coefficient (Wildman–Crippen LogP) is 3.25. The highest BCUT2D eigenvalue weighted by Gasteiger charge is 2.14. The summed E-state index contributed by atoms with van der Waals surface area (Å²) in [7, 11) is 3.29. The van der Waals surface area contributed by atoms with Crippen LogP contribution in [0.25, 0.3) is 0 Å². The zero-order valence-corrected chi connectivity index (χ0v) is 13.1. The minimum absolute atomic E-state index is 0.0276. The normalized spacial score (nSPS) is 12.3. The van der Waals surface area contributed by atoms with Gasteiger partial charge in [0.05, 0.1) is 28.5 Å². The standard InChI is InChI=1S/C13H16Cl3NO2/c1-17(7-10(14)8-19-2)13(18)6-9-3-4-11(15)12(16)5-9/h3-5,10H,6-8H2,1-2H3. The van der Waals surface area contributed by atoms with Gasteiger partial charge in [0.2, 0.25) is 5.91 Å². The molecule has 0 N–H and O–H groups in total. The maximum Gasteiger partial charge on any atom is 0.226 e. The molecule has 1 amide bonds. The lowest BCUT2D eigenvalue weighted by atomic mass is 10.1. The van der Waals surface area contributed by atoms with Crippen molar-refractivity contribution in [2.45, 2.75) is 11.8 Å². The Morgan fingerprint density at radius 1 is 1.37 bits per heavy atom. The first-order chi connectivity index (χ1) is 8.93. The minimum Gasteiger partial charge on any atom is -0.383 e. The first kappa shape index (κ1) is 16.6. The van der Waals surface area contributed by atoms with Crippen molar-refractivity contribution in [3.8, 4) is 0 Å². The van der Waals surface area contributed by atoms with Gasteiger partial charge in [-0.25, -0.2) is 0 Å². The van der Waals surface area contributed by atoms with Crippen molar-refractivity contribution in [3.63, 3.8) is 0 Å². The number of amides is 1. The summed E-state index contributed by atoms with van der Waals surface area (Å²) in [6, 6.07) is 5.16. The largest absolute Gasteiger partial charge is 0.383 e. The van der Waals surface area contributed by atoms with Crippen LogP contribution < -0.4 is 0 Å². The summed E-state index contributed by atoms with van der Waals surface area (Å²) in [5.41, 5.74) is 0.823. The second-order valence-electron chi connectivity index (χ2n) is 4.25. The van der Waals surface area contributed by atoms with Gasteiger partial charge in [0.1, 0.15) is 0 Å². The third kappa shape index (κ3) is 5.57. The number of nitrogens with zero attached hydrogens (tertiary/aromatic N) is 1. The van der Waals surface area contributed by atoms with Gasteiger partial charge in [-0.05, 0) is 17.7 Å². The number of carbonyl (C=O) groups excluding carboxylic acids is 1. The van der Waals surface area contributed by atoms with Crippen molar-refractivity contribution >= 4 is 40.7 Å². The Morgan fingerprint density at radius 2 is 2.05 bits per heavy atom. The smallest absolute Gasteiger partial charge is 0.226 e. The van der Waals surface area contributed by atoms with Crippen molar-refractivity contribution in [3.05, 3.63) is 33.8 Å². The van der Waals surface area contributed by atoms with E-state index in [1.807, 2.05) is 0 Å². The number of methoxy groups -OCH3 is 1. The Kier molecular flexibility index (Phi) is 6.94. The summed E-state index contributed by atoms with van der Waals surface area (Å²) in [5.74, 6) is -0.0276. The van der Waals surface area contributed by atoms with Crippen LogP contribution in [-0.4, -0.2) is 43.5 Å². The topological polar surface area (TPSA) is 29.5 Å². The molecule has 3 nitrogen and oxygen atoms in total. The summed E-state index contributed by atoms with van der Waals surface area (Å²) in [6.07, 6.45) is 0.268. The SMILES string of the molecule is COCC(Cl)CN(C)C(=O)Cc1ccc(Cl)c(Cl)c1. The molecule has 106 valence electrons. The first-order valence-electron chi connectivity index (χ1n) is 5.75. The third-order valence-electron chi connectivity index (χ3n) is 2.58. The lowest BCUT2D eigenvalue weighted by molar-refractivity contribution is -0.129. The monoisotopic (exact) mass is 323 g/mol. The number of carbonyl (C=O) groups is 1. The second kappa shape index (κ2) is 7.95. The van der Waals surface area contributed by atoms with Gasteiger partial charge in [-0.2, -0.15) is 0 Å². The molecule has 0 spiro atoms. The van der Waals surface area contributed by atoms with Crippen molar-refractivity contribution in [2.24, 2.45) is 0 Å². The number of hydrogen-bond donors (Lipinski definition) is 0. The number of benzene rings is 1. The number of halogens is 3. The van der Waals surface area contributed by atoms with Crippen LogP contribution in [0.1, 0.15) is 5.56 Å². The number of rotatable bonds is 6. The number of alkyl halides is 1. The third-order valence-corrected chi connectivity index (χ3v) is 3.59. The van der Waals surface area contributed by atoms with Crippen LogP contribution in [0, 0.1) is 0 Å².